The lowest BCUT2D eigenvalue weighted by molar-refractivity contribution is -0.0656. The molecule has 4 atom stereocenters. The van der Waals surface area contributed by atoms with E-state index in [1.807, 2.05) is 25.1 Å². The van der Waals surface area contributed by atoms with Gasteiger partial charge in [-0.2, -0.15) is 32.1 Å². The molecule has 0 saturated carbocycles. The Hall–Kier alpha value is -4.58. The topological polar surface area (TPSA) is 162 Å². The number of hydrogen-bond acceptors (Lipinski definition) is 12. The molecule has 4 aromatic rings. The minimum absolute atomic E-state index is 0.00914. The van der Waals surface area contributed by atoms with Crippen LogP contribution >= 0.6 is 0 Å². The molecule has 0 bridgehead atoms. The van der Waals surface area contributed by atoms with E-state index in [1.165, 1.54) is 6.07 Å². The van der Waals surface area contributed by atoms with Crippen molar-refractivity contribution in [3.63, 3.8) is 0 Å². The predicted molar refractivity (Wildman–Crippen MR) is 174 cm³/mol. The molecule has 2 saturated heterocycles. The molecule has 0 amide bonds. The Bertz CT molecular complexity index is 2110. The zero-order valence-corrected chi connectivity index (χ0v) is 27.2. The maximum atomic E-state index is 12.5. The number of halogens is 3. The predicted octanol–water partition coefficient (Wildman–Crippen LogP) is 4.26. The first kappa shape index (κ1) is 32.9. The molecule has 0 aliphatic carbocycles. The molecule has 6 rings (SSSR count). The van der Waals surface area contributed by atoms with E-state index in [9.17, 15) is 37.2 Å². The van der Waals surface area contributed by atoms with Crippen molar-refractivity contribution in [3.8, 4) is 12.1 Å². The number of aliphatic hydroxyl groups excluding tert-OH is 1. The lowest BCUT2D eigenvalue weighted by Crippen LogP contribution is -2.49. The van der Waals surface area contributed by atoms with Gasteiger partial charge in [0.1, 0.15) is 18.2 Å². The minimum atomic E-state index is -5.71. The van der Waals surface area contributed by atoms with Gasteiger partial charge >= 0.3 is 15.6 Å². The van der Waals surface area contributed by atoms with Crippen LogP contribution in [0.25, 0.3) is 21.8 Å². The zero-order chi connectivity index (χ0) is 37.1. The fourth-order valence-corrected chi connectivity index (χ4v) is 6.31. The molecule has 0 spiro atoms. The van der Waals surface area contributed by atoms with Crippen LogP contribution in [0.1, 0.15) is 27.7 Å². The molecule has 0 unspecified atom stereocenters. The van der Waals surface area contributed by atoms with Crippen molar-refractivity contribution >= 4 is 43.3 Å². The first-order chi connectivity index (χ1) is 24.1. The van der Waals surface area contributed by atoms with Gasteiger partial charge in [-0.05, 0) is 62.4 Å². The second kappa shape index (κ2) is 14.9. The third kappa shape index (κ3) is 8.01. The van der Waals surface area contributed by atoms with Gasteiger partial charge in [-0.1, -0.05) is 0 Å². The van der Waals surface area contributed by atoms with E-state index in [2.05, 4.69) is 25.1 Å². The van der Waals surface area contributed by atoms with Crippen molar-refractivity contribution < 1.29 is 43.1 Å². The largest absolute Gasteiger partial charge is 0.523 e. The molecule has 2 fully saturated rings. The Morgan fingerprint density at radius 3 is 1.80 bits per heavy atom. The number of pyridine rings is 2. The fraction of sp³-hybridized carbons (Fsp3) is 0.394. The Labute approximate surface area is 283 Å². The van der Waals surface area contributed by atoms with Gasteiger partial charge < -0.3 is 24.4 Å². The van der Waals surface area contributed by atoms with Crippen molar-refractivity contribution in [1.82, 2.24) is 9.97 Å². The first-order valence-corrected chi connectivity index (χ1v) is 16.5. The average Bonchev–Trinajstić information content (AvgIpc) is 3.09. The maximum Gasteiger partial charge on any atom is 0.523 e. The summed E-state index contributed by atoms with van der Waals surface area (Å²) in [6, 6.07) is 17.6. The Morgan fingerprint density at radius 1 is 0.878 bits per heavy atom. The van der Waals surface area contributed by atoms with Crippen molar-refractivity contribution in [1.29, 1.82) is 10.5 Å². The van der Waals surface area contributed by atoms with Crippen LogP contribution < -0.4 is 9.80 Å². The molecule has 1 N–H and O–H groups in total. The second-order valence-corrected chi connectivity index (χ2v) is 13.1. The smallest absolute Gasteiger partial charge is 0.394 e. The van der Waals surface area contributed by atoms with Crippen LogP contribution in [-0.4, -0.2) is 92.8 Å². The molecule has 4 heterocycles. The highest BCUT2D eigenvalue weighted by Gasteiger charge is 2.48. The Kier molecular flexibility index (Phi) is 10.0. The van der Waals surface area contributed by atoms with Gasteiger partial charge in [0.05, 0.1) is 56.4 Å². The lowest BCUT2D eigenvalue weighted by atomic mass is 10.1. The van der Waals surface area contributed by atoms with E-state index >= 15 is 0 Å². The standard InChI is InChI=1S/C17H16F3N3O4S.C16H17N3O2/c1-11-8-23(9-13(27-11)10-26-28(24,25)17(18,19)20)15-5-4-12(7-21)16-14(15)3-2-6-22-16;1-11-8-19(9-13(10-20)21-11)15-5-4-12(7-17)16-14(15)3-2-6-18-16/h2-6,11,13H,8-10H2,1H3;2-6,11,13,20H,8-10H2,1H3/t2*11-,13-/m11/s1/i2*6D. The summed E-state index contributed by atoms with van der Waals surface area (Å²) >= 11 is 0. The summed E-state index contributed by atoms with van der Waals surface area (Å²) < 4.78 is 90.3. The van der Waals surface area contributed by atoms with Gasteiger partial charge in [-0.3, -0.25) is 14.2 Å². The highest BCUT2D eigenvalue weighted by atomic mass is 32.2. The molecule has 258 valence electrons. The van der Waals surface area contributed by atoms with Crippen molar-refractivity contribution in [2.75, 3.05) is 49.2 Å². The van der Waals surface area contributed by atoms with Crippen molar-refractivity contribution in [2.45, 2.75) is 43.8 Å². The summed E-state index contributed by atoms with van der Waals surface area (Å²) in [6.45, 7) is 4.61. The number of fused-ring (bicyclic) bond motifs is 2. The fourth-order valence-electron chi connectivity index (χ4n) is 5.85. The molecule has 49 heavy (non-hydrogen) atoms. The number of alkyl halides is 3. The third-order valence-corrected chi connectivity index (χ3v) is 8.87. The van der Waals surface area contributed by atoms with Crippen molar-refractivity contribution in [2.24, 2.45) is 0 Å². The summed E-state index contributed by atoms with van der Waals surface area (Å²) in [4.78, 5) is 12.2. The van der Waals surface area contributed by atoms with Gasteiger partial charge in [-0.25, -0.2) is 0 Å². The normalized spacial score (nSPS) is 22.0. The van der Waals surface area contributed by atoms with Crippen LogP contribution in [0.4, 0.5) is 24.5 Å². The number of hydrogen-bond donors (Lipinski definition) is 1. The summed E-state index contributed by atoms with van der Waals surface area (Å²) in [5, 5.41) is 29.3. The van der Waals surface area contributed by atoms with Gasteiger partial charge in [0.2, 0.25) is 0 Å². The highest BCUT2D eigenvalue weighted by Crippen LogP contribution is 2.32. The summed E-state index contributed by atoms with van der Waals surface area (Å²) in [6.07, 6.45) is -1.42. The molecular formula is C33H33F3N6O6S. The van der Waals surface area contributed by atoms with Crippen LogP contribution in [0.3, 0.4) is 0 Å². The second-order valence-electron chi connectivity index (χ2n) is 11.5. The maximum absolute atomic E-state index is 12.5. The lowest BCUT2D eigenvalue weighted by Gasteiger charge is -2.38. The molecule has 0 radical (unpaired) electrons. The number of aliphatic hydroxyl groups is 1. The number of nitrogens with zero attached hydrogens (tertiary/aromatic N) is 6. The third-order valence-electron chi connectivity index (χ3n) is 7.86. The molecular weight excluding hydrogens is 665 g/mol. The van der Waals surface area contributed by atoms with Gasteiger partial charge in [-0.15, -0.1) is 0 Å². The van der Waals surface area contributed by atoms with E-state index in [4.69, 9.17) is 12.2 Å². The first-order valence-electron chi connectivity index (χ1n) is 16.1. The molecule has 12 nitrogen and oxygen atoms in total. The highest BCUT2D eigenvalue weighted by molar-refractivity contribution is 7.87. The van der Waals surface area contributed by atoms with Crippen LogP contribution in [0.15, 0.2) is 60.9 Å². The number of rotatable bonds is 6. The van der Waals surface area contributed by atoms with E-state index in [-0.39, 0.29) is 43.3 Å². The van der Waals surface area contributed by atoms with E-state index < -0.39 is 34.4 Å². The van der Waals surface area contributed by atoms with Gasteiger partial charge in [0.15, 0.2) is 0 Å². The number of morpholine rings is 2. The molecule has 2 aromatic carbocycles. The number of ether oxygens (including phenoxy) is 2. The van der Waals surface area contributed by atoms with Crippen LogP contribution in [-0.2, 0) is 23.8 Å². The number of anilines is 2. The van der Waals surface area contributed by atoms with Crippen LogP contribution in [0, 0.1) is 22.7 Å². The van der Waals surface area contributed by atoms with E-state index in [0.29, 0.717) is 47.3 Å². The SMILES string of the molecule is [2H]c1ccc2c(N3C[C@H](CO)O[C@H](C)C3)ccc(C#N)c2n1.[2H]c1ccc2c(N3C[C@H](COS(=O)(=O)C(F)(F)F)O[C@H](C)C3)ccc(C#N)c2n1. The van der Waals surface area contributed by atoms with E-state index in [1.54, 1.807) is 42.2 Å². The Balaban J connectivity index is 0.000000205. The van der Waals surface area contributed by atoms with Crippen molar-refractivity contribution in [3.05, 3.63) is 72.0 Å². The average molecular weight is 701 g/mol. The molecule has 2 aromatic heterocycles. The molecule has 2 aliphatic rings. The van der Waals surface area contributed by atoms with Gasteiger partial charge in [0, 0.05) is 60.7 Å². The summed E-state index contributed by atoms with van der Waals surface area (Å²) in [7, 11) is -5.71. The van der Waals surface area contributed by atoms with E-state index in [0.717, 1.165) is 11.1 Å². The van der Waals surface area contributed by atoms with Crippen LogP contribution in [0.5, 0.6) is 0 Å². The monoisotopic (exact) mass is 700 g/mol. The number of aromatic nitrogens is 2. The Morgan fingerprint density at radius 2 is 1.35 bits per heavy atom. The summed E-state index contributed by atoms with van der Waals surface area (Å²) in [5.41, 5.74) is -2.27. The van der Waals surface area contributed by atoms with Gasteiger partial charge in [0.25, 0.3) is 0 Å². The van der Waals surface area contributed by atoms with Crippen LogP contribution in [0.2, 0.25) is 0 Å². The summed E-state index contributed by atoms with van der Waals surface area (Å²) in [5.74, 6) is 0. The quantitative estimate of drug-likeness (QED) is 0.225. The molecule has 16 heteroatoms. The molecule has 2 aliphatic heterocycles. The number of nitriles is 2. The number of benzene rings is 2. The zero-order valence-electron chi connectivity index (χ0n) is 28.4. The minimum Gasteiger partial charge on any atom is -0.394 e.